The average molecular weight is 335 g/mol. The maximum atomic E-state index is 6.25. The van der Waals surface area contributed by atoms with E-state index in [-0.39, 0.29) is 0 Å². The number of unbranched alkanes of at least 4 members (excludes halogenated alkanes) is 4. The third kappa shape index (κ3) is 5.64. The number of rotatable bonds is 13. The van der Waals surface area contributed by atoms with Crippen molar-refractivity contribution in [2.75, 3.05) is 0 Å². The van der Waals surface area contributed by atoms with Gasteiger partial charge in [-0.05, 0) is 24.2 Å². The van der Waals surface area contributed by atoms with Gasteiger partial charge in [0.05, 0.1) is 0 Å². The molecule has 0 N–H and O–H groups in total. The summed E-state index contributed by atoms with van der Waals surface area (Å²) in [6.07, 6.45) is 22.6. The van der Waals surface area contributed by atoms with Crippen LogP contribution in [0.15, 0.2) is 0 Å². The maximum Gasteiger partial charge on any atom is 0.144 e. The summed E-state index contributed by atoms with van der Waals surface area (Å²) in [5.41, 5.74) is 6.91. The highest BCUT2D eigenvalue weighted by Crippen LogP contribution is 2.38. The van der Waals surface area contributed by atoms with Gasteiger partial charge in [0.2, 0.25) is 0 Å². The van der Waals surface area contributed by atoms with E-state index in [9.17, 15) is 0 Å². The van der Waals surface area contributed by atoms with Gasteiger partial charge in [-0.15, -0.1) is 23.9 Å². The maximum absolute atomic E-state index is 6.25. The summed E-state index contributed by atoms with van der Waals surface area (Å²) >= 11 is 0. The molecule has 0 aliphatic heterocycles. The lowest BCUT2D eigenvalue weighted by atomic mass is 10.4. The second kappa shape index (κ2) is 12.0. The van der Waals surface area contributed by atoms with Crippen molar-refractivity contribution in [2.24, 2.45) is 0 Å². The summed E-state index contributed by atoms with van der Waals surface area (Å²) in [5, 5.41) is 0. The van der Waals surface area contributed by atoms with Gasteiger partial charge in [-0.3, -0.25) is 0 Å². The van der Waals surface area contributed by atoms with Gasteiger partial charge in [0, 0.05) is 0 Å². The molecule has 22 heavy (non-hydrogen) atoms. The molecule has 0 rings (SSSR count). The zero-order valence-electron chi connectivity index (χ0n) is 15.6. The fraction of sp³-hybridized carbons (Fsp3) is 0.800. The summed E-state index contributed by atoms with van der Waals surface area (Å²) in [6.45, 7) is 9.14. The van der Waals surface area contributed by atoms with Crippen molar-refractivity contribution >= 4 is 15.2 Å². The molecule has 126 valence electrons. The molecule has 0 amide bonds. The topological polar surface area (TPSA) is 0 Å². The highest BCUT2D eigenvalue weighted by atomic mass is 29.3. The van der Waals surface area contributed by atoms with Crippen LogP contribution in [0.2, 0.25) is 24.2 Å². The third-order valence-electron chi connectivity index (χ3n) is 5.30. The molecule has 0 saturated carbocycles. The predicted molar refractivity (Wildman–Crippen MR) is 108 cm³/mol. The van der Waals surface area contributed by atoms with Crippen LogP contribution in [-0.2, 0) is 0 Å². The zero-order chi connectivity index (χ0) is 16.9. The Balaban J connectivity index is 5.65. The Labute approximate surface area is 142 Å². The van der Waals surface area contributed by atoms with E-state index in [4.69, 9.17) is 12.8 Å². The SMILES string of the molecule is C#C[Si](CCCC)(CCCC)[Si](C#C)(CCCC)CCCC. The lowest BCUT2D eigenvalue weighted by Gasteiger charge is -2.42. The molecule has 0 aromatic rings. The Morgan fingerprint density at radius 1 is 0.545 bits per heavy atom. The molecule has 0 fully saturated rings. The molecule has 0 nitrogen and oxygen atoms in total. The lowest BCUT2D eigenvalue weighted by Crippen LogP contribution is -2.61. The van der Waals surface area contributed by atoms with E-state index in [1.54, 1.807) is 0 Å². The Hall–Kier alpha value is -0.446. The largest absolute Gasteiger partial charge is 0.144 e. The normalized spacial score (nSPS) is 11.9. The van der Waals surface area contributed by atoms with E-state index in [1.807, 2.05) is 0 Å². The molecule has 0 atom stereocenters. The molecular weight excluding hydrogens is 296 g/mol. The summed E-state index contributed by atoms with van der Waals surface area (Å²) in [6, 6.07) is 5.18. The molecule has 0 aliphatic carbocycles. The van der Waals surface area contributed by atoms with Gasteiger partial charge in [-0.1, -0.05) is 79.1 Å². The first-order valence-corrected chi connectivity index (χ1v) is 15.4. The van der Waals surface area contributed by atoms with Gasteiger partial charge in [0.1, 0.15) is 15.2 Å². The molecule has 0 aromatic heterocycles. The highest BCUT2D eigenvalue weighted by Gasteiger charge is 2.51. The van der Waals surface area contributed by atoms with Crippen molar-refractivity contribution < 1.29 is 0 Å². The molecule has 0 unspecified atom stereocenters. The molecule has 0 heterocycles. The Bertz CT molecular complexity index is 307. The molecule has 0 spiro atoms. The first-order chi connectivity index (χ1) is 10.6. The number of hydrogen-bond acceptors (Lipinski definition) is 0. The third-order valence-corrected chi connectivity index (χ3v) is 22.4. The zero-order valence-corrected chi connectivity index (χ0v) is 17.6. The lowest BCUT2D eigenvalue weighted by molar-refractivity contribution is 0.823. The molecule has 0 aromatic carbocycles. The van der Waals surface area contributed by atoms with Crippen molar-refractivity contribution in [3.8, 4) is 23.9 Å². The average Bonchev–Trinajstić information content (AvgIpc) is 2.56. The summed E-state index contributed by atoms with van der Waals surface area (Å²) < 4.78 is 0. The van der Waals surface area contributed by atoms with Crippen LogP contribution in [0.1, 0.15) is 79.1 Å². The van der Waals surface area contributed by atoms with Crippen molar-refractivity contribution in [2.45, 2.75) is 103 Å². The van der Waals surface area contributed by atoms with Crippen LogP contribution in [0.3, 0.4) is 0 Å². The standard InChI is InChI=1S/C20H38Si2/c1-7-13-17-21(11-5,18-14-8-2)22(12-6,19-15-9-3)20-16-10-4/h5-6H,7-10,13-20H2,1-4H3. The molecule has 0 saturated heterocycles. The van der Waals surface area contributed by atoms with E-state index in [0.717, 1.165) is 0 Å². The summed E-state index contributed by atoms with van der Waals surface area (Å²) in [7, 11) is -3.47. The van der Waals surface area contributed by atoms with Crippen LogP contribution >= 0.6 is 0 Å². The van der Waals surface area contributed by atoms with Gasteiger partial charge < -0.3 is 0 Å². The van der Waals surface area contributed by atoms with Gasteiger partial charge in [-0.25, -0.2) is 0 Å². The number of terminal acetylenes is 2. The van der Waals surface area contributed by atoms with E-state index in [0.29, 0.717) is 0 Å². The van der Waals surface area contributed by atoms with Crippen molar-refractivity contribution in [1.82, 2.24) is 0 Å². The van der Waals surface area contributed by atoms with Gasteiger partial charge in [0.25, 0.3) is 0 Å². The van der Waals surface area contributed by atoms with Crippen LogP contribution < -0.4 is 0 Å². The molecule has 0 bridgehead atoms. The summed E-state index contributed by atoms with van der Waals surface area (Å²) in [5.74, 6) is 0. The van der Waals surface area contributed by atoms with Crippen LogP contribution in [0.5, 0.6) is 0 Å². The highest BCUT2D eigenvalue weighted by molar-refractivity contribution is 7.48. The molecule has 0 radical (unpaired) electrons. The van der Waals surface area contributed by atoms with Gasteiger partial charge in [0.15, 0.2) is 0 Å². The van der Waals surface area contributed by atoms with Gasteiger partial charge >= 0.3 is 0 Å². The minimum absolute atomic E-state index is 1.25. The first-order valence-electron chi connectivity index (χ1n) is 9.57. The predicted octanol–water partition coefficient (Wildman–Crippen LogP) is 6.51. The molecular formula is C20H38Si2. The van der Waals surface area contributed by atoms with Crippen molar-refractivity contribution in [3.63, 3.8) is 0 Å². The summed E-state index contributed by atoms with van der Waals surface area (Å²) in [4.78, 5) is 0. The second-order valence-corrected chi connectivity index (χ2v) is 19.5. The van der Waals surface area contributed by atoms with Crippen LogP contribution in [0.4, 0.5) is 0 Å². The Morgan fingerprint density at radius 2 is 0.773 bits per heavy atom. The van der Waals surface area contributed by atoms with E-state index >= 15 is 0 Å². The molecule has 0 aliphatic rings. The van der Waals surface area contributed by atoms with Crippen molar-refractivity contribution in [1.29, 1.82) is 0 Å². The van der Waals surface area contributed by atoms with Crippen molar-refractivity contribution in [3.05, 3.63) is 0 Å². The van der Waals surface area contributed by atoms with E-state index < -0.39 is 15.2 Å². The minimum atomic E-state index is -1.74. The monoisotopic (exact) mass is 334 g/mol. The second-order valence-electron chi connectivity index (χ2n) is 6.87. The van der Waals surface area contributed by atoms with E-state index in [2.05, 4.69) is 38.8 Å². The van der Waals surface area contributed by atoms with Crippen LogP contribution in [0, 0.1) is 23.9 Å². The first kappa shape index (κ1) is 21.6. The quantitative estimate of drug-likeness (QED) is 0.266. The van der Waals surface area contributed by atoms with Crippen LogP contribution in [0.25, 0.3) is 0 Å². The van der Waals surface area contributed by atoms with Gasteiger partial charge in [-0.2, -0.15) is 0 Å². The Morgan fingerprint density at radius 3 is 0.909 bits per heavy atom. The van der Waals surface area contributed by atoms with E-state index in [1.165, 1.54) is 75.5 Å². The van der Waals surface area contributed by atoms with Crippen LogP contribution in [-0.4, -0.2) is 15.2 Å². The fourth-order valence-electron chi connectivity index (χ4n) is 3.69. The fourth-order valence-corrected chi connectivity index (χ4v) is 20.6. The minimum Gasteiger partial charge on any atom is -0.136 e. The smallest absolute Gasteiger partial charge is 0.136 e. The Kier molecular flexibility index (Phi) is 11.8. The number of hydrogen-bond donors (Lipinski definition) is 0. The molecule has 2 heteroatoms.